The molecular formula is C11H18N2O4. The second-order valence-electron chi connectivity index (χ2n) is 4.79. The Bertz CT molecular complexity index is 309. The summed E-state index contributed by atoms with van der Waals surface area (Å²) < 4.78 is 5.24. The summed E-state index contributed by atoms with van der Waals surface area (Å²) in [4.78, 5) is 22.5. The molecule has 0 spiro atoms. The van der Waals surface area contributed by atoms with Gasteiger partial charge >= 0.3 is 5.97 Å². The number of carboxylic acid groups (broad SMARTS) is 1. The minimum absolute atomic E-state index is 0.0451. The maximum atomic E-state index is 11.6. The van der Waals surface area contributed by atoms with Gasteiger partial charge in [0.15, 0.2) is 0 Å². The lowest BCUT2D eigenvalue weighted by Crippen LogP contribution is -2.45. The number of carbonyl (C=O) groups excluding carboxylic acids is 1. The number of carbonyl (C=O) groups is 2. The Labute approximate surface area is 99.7 Å². The molecule has 1 saturated heterocycles. The van der Waals surface area contributed by atoms with E-state index in [-0.39, 0.29) is 18.5 Å². The fourth-order valence-electron chi connectivity index (χ4n) is 1.93. The van der Waals surface area contributed by atoms with Gasteiger partial charge in [0, 0.05) is 25.6 Å². The van der Waals surface area contributed by atoms with Crippen LogP contribution in [0.1, 0.15) is 19.3 Å². The van der Waals surface area contributed by atoms with E-state index in [1.165, 1.54) is 0 Å². The number of hydrogen-bond acceptors (Lipinski definition) is 4. The molecule has 1 heterocycles. The standard InChI is InChI=1S/C11H18N2O4/c14-9(5-8-6-17-4-3-12-8)13-7-11(1-2-11)10(15)16/h8,12H,1-7H2,(H,13,14)(H,15,16). The molecule has 96 valence electrons. The second-order valence-corrected chi connectivity index (χ2v) is 4.79. The number of aliphatic carboxylic acids is 1. The van der Waals surface area contributed by atoms with Gasteiger partial charge in [-0.1, -0.05) is 0 Å². The fourth-order valence-corrected chi connectivity index (χ4v) is 1.93. The predicted octanol–water partition coefficient (Wildman–Crippen LogP) is -0.654. The molecule has 3 N–H and O–H groups in total. The quantitative estimate of drug-likeness (QED) is 0.596. The molecular weight excluding hydrogens is 224 g/mol. The lowest BCUT2D eigenvalue weighted by Gasteiger charge is -2.23. The highest BCUT2D eigenvalue weighted by Gasteiger charge is 2.50. The maximum absolute atomic E-state index is 11.6. The minimum atomic E-state index is -0.808. The first kappa shape index (κ1) is 12.3. The monoisotopic (exact) mass is 242 g/mol. The largest absolute Gasteiger partial charge is 0.481 e. The van der Waals surface area contributed by atoms with Crippen LogP contribution < -0.4 is 10.6 Å². The number of carboxylic acids is 1. The molecule has 1 saturated carbocycles. The van der Waals surface area contributed by atoms with Gasteiger partial charge in [0.1, 0.15) is 0 Å². The zero-order valence-electron chi connectivity index (χ0n) is 9.70. The lowest BCUT2D eigenvalue weighted by atomic mass is 10.1. The van der Waals surface area contributed by atoms with Crippen LogP contribution in [0.25, 0.3) is 0 Å². The number of nitrogens with one attached hydrogen (secondary N) is 2. The van der Waals surface area contributed by atoms with Crippen molar-refractivity contribution < 1.29 is 19.4 Å². The molecule has 0 radical (unpaired) electrons. The third kappa shape index (κ3) is 3.17. The van der Waals surface area contributed by atoms with Crippen LogP contribution in [0.3, 0.4) is 0 Å². The van der Waals surface area contributed by atoms with Crippen molar-refractivity contribution in [3.8, 4) is 0 Å². The van der Waals surface area contributed by atoms with Crippen LogP contribution in [0.2, 0.25) is 0 Å². The number of rotatable bonds is 5. The Morgan fingerprint density at radius 3 is 2.76 bits per heavy atom. The normalized spacial score (nSPS) is 26.2. The van der Waals surface area contributed by atoms with Crippen LogP contribution in [-0.2, 0) is 14.3 Å². The van der Waals surface area contributed by atoms with Gasteiger partial charge in [-0.2, -0.15) is 0 Å². The minimum Gasteiger partial charge on any atom is -0.481 e. The van der Waals surface area contributed by atoms with Crippen molar-refractivity contribution in [1.82, 2.24) is 10.6 Å². The van der Waals surface area contributed by atoms with Gasteiger partial charge in [-0.15, -0.1) is 0 Å². The molecule has 2 fully saturated rings. The van der Waals surface area contributed by atoms with Crippen LogP contribution in [0, 0.1) is 5.41 Å². The number of amides is 1. The van der Waals surface area contributed by atoms with Gasteiger partial charge in [0.05, 0.1) is 18.6 Å². The Balaban J connectivity index is 1.69. The maximum Gasteiger partial charge on any atom is 0.311 e. The van der Waals surface area contributed by atoms with E-state index in [4.69, 9.17) is 9.84 Å². The summed E-state index contributed by atoms with van der Waals surface area (Å²) in [6.07, 6.45) is 1.66. The van der Waals surface area contributed by atoms with Gasteiger partial charge in [0.2, 0.25) is 5.91 Å². The average Bonchev–Trinajstić information content (AvgIpc) is 3.09. The molecule has 2 aliphatic rings. The van der Waals surface area contributed by atoms with Crippen molar-refractivity contribution in [2.24, 2.45) is 5.41 Å². The average molecular weight is 242 g/mol. The number of ether oxygens (including phenoxy) is 1. The van der Waals surface area contributed by atoms with E-state index < -0.39 is 11.4 Å². The van der Waals surface area contributed by atoms with E-state index in [0.29, 0.717) is 32.5 Å². The summed E-state index contributed by atoms with van der Waals surface area (Å²) in [6, 6.07) is 0.0451. The first-order chi connectivity index (χ1) is 8.12. The third-order valence-corrected chi connectivity index (χ3v) is 3.36. The van der Waals surface area contributed by atoms with Crippen molar-refractivity contribution in [2.45, 2.75) is 25.3 Å². The van der Waals surface area contributed by atoms with Crippen LogP contribution in [0.5, 0.6) is 0 Å². The zero-order chi connectivity index (χ0) is 12.3. The van der Waals surface area contributed by atoms with Crippen LogP contribution >= 0.6 is 0 Å². The first-order valence-corrected chi connectivity index (χ1v) is 5.94. The molecule has 1 amide bonds. The van der Waals surface area contributed by atoms with Gasteiger partial charge in [0.25, 0.3) is 0 Å². The SMILES string of the molecule is O=C(CC1COCCN1)NCC1(C(=O)O)CC1. The van der Waals surface area contributed by atoms with E-state index in [0.717, 1.165) is 6.54 Å². The van der Waals surface area contributed by atoms with Gasteiger partial charge < -0.3 is 20.5 Å². The molecule has 6 heteroatoms. The van der Waals surface area contributed by atoms with Crippen molar-refractivity contribution in [2.75, 3.05) is 26.3 Å². The highest BCUT2D eigenvalue weighted by molar-refractivity contribution is 5.81. The van der Waals surface area contributed by atoms with Crippen molar-refractivity contribution in [3.63, 3.8) is 0 Å². The fraction of sp³-hybridized carbons (Fsp3) is 0.818. The number of hydrogen-bond donors (Lipinski definition) is 3. The van der Waals surface area contributed by atoms with E-state index in [2.05, 4.69) is 10.6 Å². The molecule has 0 aromatic carbocycles. The molecule has 1 unspecified atom stereocenters. The summed E-state index contributed by atoms with van der Waals surface area (Å²) in [6.45, 7) is 2.23. The van der Waals surface area contributed by atoms with Crippen molar-refractivity contribution in [3.05, 3.63) is 0 Å². The van der Waals surface area contributed by atoms with Crippen LogP contribution in [-0.4, -0.2) is 49.3 Å². The summed E-state index contributed by atoms with van der Waals surface area (Å²) in [5.74, 6) is -0.919. The van der Waals surface area contributed by atoms with Crippen LogP contribution in [0.4, 0.5) is 0 Å². The molecule has 0 bridgehead atoms. The van der Waals surface area contributed by atoms with Gasteiger partial charge in [-0.25, -0.2) is 0 Å². The molecule has 0 aromatic heterocycles. The zero-order valence-corrected chi connectivity index (χ0v) is 9.70. The Morgan fingerprint density at radius 2 is 2.24 bits per heavy atom. The van der Waals surface area contributed by atoms with E-state index in [1.807, 2.05) is 0 Å². The van der Waals surface area contributed by atoms with Gasteiger partial charge in [-0.05, 0) is 12.8 Å². The predicted molar refractivity (Wildman–Crippen MR) is 59.5 cm³/mol. The highest BCUT2D eigenvalue weighted by atomic mass is 16.5. The van der Waals surface area contributed by atoms with E-state index in [9.17, 15) is 9.59 Å². The summed E-state index contributed by atoms with van der Waals surface area (Å²) in [5, 5.41) is 14.8. The highest BCUT2D eigenvalue weighted by Crippen LogP contribution is 2.45. The Hall–Kier alpha value is -1.14. The molecule has 1 aliphatic carbocycles. The van der Waals surface area contributed by atoms with E-state index >= 15 is 0 Å². The van der Waals surface area contributed by atoms with Crippen molar-refractivity contribution >= 4 is 11.9 Å². The molecule has 2 rings (SSSR count). The smallest absolute Gasteiger partial charge is 0.311 e. The van der Waals surface area contributed by atoms with Crippen LogP contribution in [0.15, 0.2) is 0 Å². The molecule has 1 atom stereocenters. The topological polar surface area (TPSA) is 87.7 Å². The second kappa shape index (κ2) is 5.01. The summed E-state index contributed by atoms with van der Waals surface area (Å²) in [5.41, 5.74) is -0.688. The third-order valence-electron chi connectivity index (χ3n) is 3.36. The summed E-state index contributed by atoms with van der Waals surface area (Å²) in [7, 11) is 0. The number of morpholine rings is 1. The van der Waals surface area contributed by atoms with Crippen molar-refractivity contribution in [1.29, 1.82) is 0 Å². The Kier molecular flexibility index (Phi) is 3.63. The molecule has 0 aromatic rings. The molecule has 1 aliphatic heterocycles. The van der Waals surface area contributed by atoms with E-state index in [1.54, 1.807) is 0 Å². The Morgan fingerprint density at radius 1 is 1.47 bits per heavy atom. The molecule has 6 nitrogen and oxygen atoms in total. The lowest BCUT2D eigenvalue weighted by molar-refractivity contribution is -0.143. The first-order valence-electron chi connectivity index (χ1n) is 5.94. The summed E-state index contributed by atoms with van der Waals surface area (Å²) >= 11 is 0. The van der Waals surface area contributed by atoms with Gasteiger partial charge in [-0.3, -0.25) is 9.59 Å². The molecule has 17 heavy (non-hydrogen) atoms.